The van der Waals surface area contributed by atoms with Gasteiger partial charge in [-0.2, -0.15) is 5.26 Å². The summed E-state index contributed by atoms with van der Waals surface area (Å²) >= 11 is 0. The molecule has 2 bridgehead atoms. The summed E-state index contributed by atoms with van der Waals surface area (Å²) in [6, 6.07) is 13.7. The number of benzene rings is 2. The van der Waals surface area contributed by atoms with Crippen LogP contribution in [-0.2, 0) is 0 Å². The molecule has 1 amide bonds. The molecule has 23 heavy (non-hydrogen) atoms. The van der Waals surface area contributed by atoms with Crippen molar-refractivity contribution in [2.75, 3.05) is 19.6 Å². The van der Waals surface area contributed by atoms with Crippen LogP contribution in [0, 0.1) is 17.2 Å². The van der Waals surface area contributed by atoms with E-state index in [1.54, 1.807) is 6.07 Å². The van der Waals surface area contributed by atoms with E-state index < -0.39 is 0 Å². The fourth-order valence-electron chi connectivity index (χ4n) is 3.89. The van der Waals surface area contributed by atoms with Crippen LogP contribution >= 0.6 is 0 Å². The molecule has 0 spiro atoms. The highest BCUT2D eigenvalue weighted by Crippen LogP contribution is 2.28. The van der Waals surface area contributed by atoms with E-state index >= 15 is 0 Å². The quantitative estimate of drug-likeness (QED) is 0.927. The second-order valence-corrected chi connectivity index (χ2v) is 6.57. The number of carbonyl (C=O) groups excluding carboxylic acids is 1. The summed E-state index contributed by atoms with van der Waals surface area (Å²) in [5.41, 5.74) is 1.25. The number of nitriles is 1. The molecule has 2 aromatic rings. The molecule has 0 saturated carbocycles. The largest absolute Gasteiger partial charge is 0.348 e. The number of rotatable bonds is 2. The second-order valence-electron chi connectivity index (χ2n) is 6.57. The summed E-state index contributed by atoms with van der Waals surface area (Å²) in [5.74, 6) is 0.581. The number of fused-ring (bicyclic) bond motifs is 4. The smallest absolute Gasteiger partial charge is 0.251 e. The van der Waals surface area contributed by atoms with Crippen LogP contribution in [0.4, 0.5) is 0 Å². The Labute approximate surface area is 135 Å². The van der Waals surface area contributed by atoms with E-state index in [-0.39, 0.29) is 11.9 Å². The van der Waals surface area contributed by atoms with Gasteiger partial charge in [0, 0.05) is 23.5 Å². The van der Waals surface area contributed by atoms with Gasteiger partial charge < -0.3 is 10.2 Å². The highest BCUT2D eigenvalue weighted by Gasteiger charge is 2.34. The first kappa shape index (κ1) is 14.2. The van der Waals surface area contributed by atoms with Crippen molar-refractivity contribution >= 4 is 16.7 Å². The normalized spacial score (nSPS) is 26.0. The number of nitrogens with one attached hydrogen (secondary N) is 1. The van der Waals surface area contributed by atoms with Crippen LogP contribution in [0.1, 0.15) is 28.8 Å². The molecule has 3 aliphatic rings. The fourth-order valence-corrected chi connectivity index (χ4v) is 3.89. The van der Waals surface area contributed by atoms with Crippen LogP contribution in [0.5, 0.6) is 0 Å². The van der Waals surface area contributed by atoms with Crippen molar-refractivity contribution < 1.29 is 4.79 Å². The maximum absolute atomic E-state index is 12.6. The lowest BCUT2D eigenvalue weighted by Crippen LogP contribution is -2.57. The minimum atomic E-state index is -0.0293. The summed E-state index contributed by atoms with van der Waals surface area (Å²) in [6.45, 7) is 3.30. The van der Waals surface area contributed by atoms with Gasteiger partial charge in [0.25, 0.3) is 5.91 Å². The van der Waals surface area contributed by atoms with Crippen LogP contribution in [0.25, 0.3) is 10.8 Å². The summed E-state index contributed by atoms with van der Waals surface area (Å²) in [7, 11) is 0. The average Bonchev–Trinajstić information content (AvgIpc) is 2.61. The molecule has 1 N–H and O–H groups in total. The van der Waals surface area contributed by atoms with Crippen molar-refractivity contribution in [2.24, 2.45) is 5.92 Å². The van der Waals surface area contributed by atoms with Gasteiger partial charge in [0.1, 0.15) is 0 Å². The molecule has 4 heteroatoms. The number of carbonyl (C=O) groups is 1. The lowest BCUT2D eigenvalue weighted by molar-refractivity contribution is 0.0620. The topological polar surface area (TPSA) is 56.1 Å². The number of amides is 1. The van der Waals surface area contributed by atoms with Gasteiger partial charge in [-0.3, -0.25) is 4.79 Å². The van der Waals surface area contributed by atoms with Gasteiger partial charge >= 0.3 is 0 Å². The standard InChI is InChI=1S/C19H19N3O/c20-11-16-3-1-2-13-4-5-15(10-17(13)16)19(23)21-18-12-22-8-6-14(18)7-9-22/h1-5,10,14,18H,6-9,12H2,(H,21,23). The zero-order valence-electron chi connectivity index (χ0n) is 13.0. The van der Waals surface area contributed by atoms with Crippen molar-refractivity contribution in [1.29, 1.82) is 5.26 Å². The Morgan fingerprint density at radius 3 is 2.74 bits per heavy atom. The third-order valence-corrected chi connectivity index (χ3v) is 5.24. The van der Waals surface area contributed by atoms with Crippen LogP contribution < -0.4 is 5.32 Å². The average molecular weight is 305 g/mol. The molecular weight excluding hydrogens is 286 g/mol. The molecule has 0 radical (unpaired) electrons. The minimum absolute atomic E-state index is 0.0293. The molecule has 3 heterocycles. The van der Waals surface area contributed by atoms with E-state index in [0.29, 0.717) is 17.0 Å². The van der Waals surface area contributed by atoms with Gasteiger partial charge in [-0.05, 0) is 55.4 Å². The number of nitrogens with zero attached hydrogens (tertiary/aromatic N) is 2. The Bertz CT molecular complexity index is 800. The number of hydrogen-bond acceptors (Lipinski definition) is 3. The van der Waals surface area contributed by atoms with Gasteiger partial charge in [0.05, 0.1) is 11.6 Å². The lowest BCUT2D eigenvalue weighted by atomic mass is 9.84. The molecular formula is C19H19N3O. The van der Waals surface area contributed by atoms with Crippen molar-refractivity contribution in [3.63, 3.8) is 0 Å². The second kappa shape index (κ2) is 5.68. The lowest BCUT2D eigenvalue weighted by Gasteiger charge is -2.44. The predicted octanol–water partition coefficient (Wildman–Crippen LogP) is 2.54. The van der Waals surface area contributed by atoms with Crippen LogP contribution in [0.15, 0.2) is 36.4 Å². The van der Waals surface area contributed by atoms with E-state index in [1.807, 2.05) is 30.3 Å². The Morgan fingerprint density at radius 2 is 2.04 bits per heavy atom. The SMILES string of the molecule is N#Cc1cccc2ccc(C(=O)NC3CN4CCC3CC4)cc12. The summed E-state index contributed by atoms with van der Waals surface area (Å²) < 4.78 is 0. The van der Waals surface area contributed by atoms with Crippen LogP contribution in [0.3, 0.4) is 0 Å². The Balaban J connectivity index is 1.59. The van der Waals surface area contributed by atoms with Crippen molar-refractivity contribution in [3.05, 3.63) is 47.5 Å². The molecule has 3 fully saturated rings. The van der Waals surface area contributed by atoms with Gasteiger partial charge in [0.2, 0.25) is 0 Å². The van der Waals surface area contributed by atoms with Gasteiger partial charge in [-0.1, -0.05) is 18.2 Å². The Hall–Kier alpha value is -2.38. The zero-order chi connectivity index (χ0) is 15.8. The van der Waals surface area contributed by atoms with E-state index in [0.717, 1.165) is 17.3 Å². The van der Waals surface area contributed by atoms with Gasteiger partial charge in [0.15, 0.2) is 0 Å². The minimum Gasteiger partial charge on any atom is -0.348 e. The number of hydrogen-bond donors (Lipinski definition) is 1. The maximum Gasteiger partial charge on any atom is 0.251 e. The third kappa shape index (κ3) is 2.58. The maximum atomic E-state index is 12.6. The van der Waals surface area contributed by atoms with E-state index in [1.165, 1.54) is 25.9 Å². The molecule has 1 unspecified atom stereocenters. The summed E-state index contributed by atoms with van der Waals surface area (Å²) in [4.78, 5) is 15.0. The van der Waals surface area contributed by atoms with E-state index in [2.05, 4.69) is 16.3 Å². The predicted molar refractivity (Wildman–Crippen MR) is 89.1 cm³/mol. The molecule has 116 valence electrons. The van der Waals surface area contributed by atoms with Crippen molar-refractivity contribution in [1.82, 2.24) is 10.2 Å². The molecule has 4 nitrogen and oxygen atoms in total. The molecule has 0 aromatic heterocycles. The summed E-state index contributed by atoms with van der Waals surface area (Å²) in [6.07, 6.45) is 2.36. The van der Waals surface area contributed by atoms with Crippen molar-refractivity contribution in [3.8, 4) is 6.07 Å². The van der Waals surface area contributed by atoms with E-state index in [9.17, 15) is 10.1 Å². The Morgan fingerprint density at radius 1 is 1.22 bits per heavy atom. The van der Waals surface area contributed by atoms with Gasteiger partial charge in [-0.25, -0.2) is 0 Å². The van der Waals surface area contributed by atoms with Crippen molar-refractivity contribution in [2.45, 2.75) is 18.9 Å². The molecule has 2 aromatic carbocycles. The molecule has 3 saturated heterocycles. The third-order valence-electron chi connectivity index (χ3n) is 5.24. The van der Waals surface area contributed by atoms with Crippen LogP contribution in [0.2, 0.25) is 0 Å². The number of piperidine rings is 3. The monoisotopic (exact) mass is 305 g/mol. The van der Waals surface area contributed by atoms with Crippen LogP contribution in [-0.4, -0.2) is 36.5 Å². The highest BCUT2D eigenvalue weighted by atomic mass is 16.1. The van der Waals surface area contributed by atoms with E-state index in [4.69, 9.17) is 0 Å². The molecule has 3 aliphatic heterocycles. The molecule has 1 atom stereocenters. The first-order valence-corrected chi connectivity index (χ1v) is 8.21. The summed E-state index contributed by atoms with van der Waals surface area (Å²) in [5, 5.41) is 14.3. The Kier molecular flexibility index (Phi) is 3.51. The fraction of sp³-hybridized carbons (Fsp3) is 0.368. The highest BCUT2D eigenvalue weighted by molar-refractivity contribution is 6.00. The van der Waals surface area contributed by atoms with Gasteiger partial charge in [-0.15, -0.1) is 0 Å². The zero-order valence-corrected chi connectivity index (χ0v) is 13.0. The first-order valence-electron chi connectivity index (χ1n) is 8.21. The molecule has 0 aliphatic carbocycles. The molecule has 5 rings (SSSR count). The first-order chi connectivity index (χ1) is 11.2.